The lowest BCUT2D eigenvalue weighted by atomic mass is 10.1. The molecular weight excluding hydrogens is 238 g/mol. The molecule has 5 nitrogen and oxygen atoms in total. The molecule has 5 heteroatoms. The highest BCUT2D eigenvalue weighted by atomic mass is 15.2. The van der Waals surface area contributed by atoms with Gasteiger partial charge in [-0.3, -0.25) is 4.98 Å². The molecule has 0 bridgehead atoms. The molecule has 2 aromatic heterocycles. The summed E-state index contributed by atoms with van der Waals surface area (Å²) in [5, 5.41) is 3.43. The number of likely N-dealkylation sites (N-methyl/N-ethyl adjacent to an activating group) is 1. The van der Waals surface area contributed by atoms with E-state index in [0.29, 0.717) is 6.04 Å². The first-order chi connectivity index (χ1) is 9.33. The van der Waals surface area contributed by atoms with Crippen LogP contribution in [0.3, 0.4) is 0 Å². The van der Waals surface area contributed by atoms with E-state index in [2.05, 4.69) is 32.2 Å². The van der Waals surface area contributed by atoms with Gasteiger partial charge >= 0.3 is 0 Å². The fourth-order valence-electron chi connectivity index (χ4n) is 2.45. The second-order valence-electron chi connectivity index (χ2n) is 5.03. The predicted molar refractivity (Wildman–Crippen MR) is 74.8 cm³/mol. The number of hydrogen-bond donors (Lipinski definition) is 2. The lowest BCUT2D eigenvalue weighted by Crippen LogP contribution is -2.50. The van der Waals surface area contributed by atoms with Gasteiger partial charge in [0.05, 0.1) is 11.9 Å². The van der Waals surface area contributed by atoms with Crippen LogP contribution in [0.5, 0.6) is 0 Å². The summed E-state index contributed by atoms with van der Waals surface area (Å²) in [6.07, 6.45) is 6.47. The minimum absolute atomic E-state index is 0.515. The van der Waals surface area contributed by atoms with E-state index in [-0.39, 0.29) is 0 Å². The van der Waals surface area contributed by atoms with Crippen LogP contribution in [0, 0.1) is 0 Å². The average molecular weight is 257 g/mol. The number of nitrogens with zero attached hydrogens (tertiary/aromatic N) is 3. The Labute approximate surface area is 113 Å². The van der Waals surface area contributed by atoms with Gasteiger partial charge in [-0.25, -0.2) is 4.98 Å². The van der Waals surface area contributed by atoms with Gasteiger partial charge in [-0.15, -0.1) is 0 Å². The SMILES string of the molecule is CN1CCNCC1Cc1ncc(-c2cccnc2)[nH]1. The zero-order valence-electron chi connectivity index (χ0n) is 11.1. The third-order valence-corrected chi connectivity index (χ3v) is 3.67. The van der Waals surface area contributed by atoms with Gasteiger partial charge in [0.2, 0.25) is 0 Å². The molecule has 1 aliphatic rings. The molecule has 19 heavy (non-hydrogen) atoms. The van der Waals surface area contributed by atoms with Gasteiger partial charge < -0.3 is 15.2 Å². The van der Waals surface area contributed by atoms with Crippen molar-refractivity contribution in [2.45, 2.75) is 12.5 Å². The number of imidazole rings is 1. The maximum Gasteiger partial charge on any atom is 0.108 e. The molecule has 2 N–H and O–H groups in total. The summed E-state index contributed by atoms with van der Waals surface area (Å²) in [7, 11) is 2.18. The lowest BCUT2D eigenvalue weighted by Gasteiger charge is -2.32. The molecule has 0 aliphatic carbocycles. The van der Waals surface area contributed by atoms with Crippen LogP contribution in [-0.2, 0) is 6.42 Å². The highest BCUT2D eigenvalue weighted by Crippen LogP contribution is 2.16. The molecule has 2 aromatic rings. The molecule has 0 aromatic carbocycles. The van der Waals surface area contributed by atoms with E-state index in [1.54, 1.807) is 6.20 Å². The average Bonchev–Trinajstić information content (AvgIpc) is 2.91. The van der Waals surface area contributed by atoms with Crippen LogP contribution >= 0.6 is 0 Å². The van der Waals surface area contributed by atoms with Crippen LogP contribution < -0.4 is 5.32 Å². The van der Waals surface area contributed by atoms with Crippen LogP contribution in [-0.4, -0.2) is 52.6 Å². The molecule has 0 saturated carbocycles. The molecule has 1 atom stereocenters. The summed E-state index contributed by atoms with van der Waals surface area (Å²) in [6.45, 7) is 3.20. The van der Waals surface area contributed by atoms with Gasteiger partial charge in [-0.2, -0.15) is 0 Å². The van der Waals surface area contributed by atoms with Gasteiger partial charge in [0, 0.05) is 50.1 Å². The van der Waals surface area contributed by atoms with Crippen LogP contribution in [0.4, 0.5) is 0 Å². The molecule has 100 valence electrons. The van der Waals surface area contributed by atoms with Crippen molar-refractivity contribution in [1.82, 2.24) is 25.2 Å². The minimum Gasteiger partial charge on any atom is -0.342 e. The standard InChI is InChI=1S/C14H19N5/c1-19-6-5-16-9-12(19)7-14-17-10-13(18-14)11-3-2-4-15-8-11/h2-4,8,10,12,16H,5-7,9H2,1H3,(H,17,18). The lowest BCUT2D eigenvalue weighted by molar-refractivity contribution is 0.197. The Balaban J connectivity index is 1.71. The van der Waals surface area contributed by atoms with Crippen molar-refractivity contribution in [3.8, 4) is 11.3 Å². The number of aromatic nitrogens is 3. The second-order valence-corrected chi connectivity index (χ2v) is 5.03. The third kappa shape index (κ3) is 2.83. The predicted octanol–water partition coefficient (Wildman–Crippen LogP) is 0.918. The number of piperazine rings is 1. The van der Waals surface area contributed by atoms with E-state index in [1.807, 2.05) is 24.5 Å². The Morgan fingerprint density at radius 3 is 3.16 bits per heavy atom. The Morgan fingerprint density at radius 1 is 1.42 bits per heavy atom. The molecule has 0 radical (unpaired) electrons. The summed E-state index contributed by atoms with van der Waals surface area (Å²) in [4.78, 5) is 14.4. The maximum absolute atomic E-state index is 4.48. The van der Waals surface area contributed by atoms with Crippen molar-refractivity contribution in [2.24, 2.45) is 0 Å². The summed E-state index contributed by atoms with van der Waals surface area (Å²) in [5.41, 5.74) is 2.12. The molecule has 1 aliphatic heterocycles. The van der Waals surface area contributed by atoms with E-state index in [0.717, 1.165) is 43.1 Å². The number of aromatic amines is 1. The molecule has 1 fully saturated rings. The molecule has 3 heterocycles. The summed E-state index contributed by atoms with van der Waals surface area (Å²) >= 11 is 0. The van der Waals surface area contributed by atoms with E-state index in [9.17, 15) is 0 Å². The van der Waals surface area contributed by atoms with Crippen molar-refractivity contribution >= 4 is 0 Å². The Hall–Kier alpha value is -1.72. The van der Waals surface area contributed by atoms with Gasteiger partial charge in [0.1, 0.15) is 5.82 Å². The monoisotopic (exact) mass is 257 g/mol. The number of rotatable bonds is 3. The van der Waals surface area contributed by atoms with Gasteiger partial charge in [-0.1, -0.05) is 0 Å². The van der Waals surface area contributed by atoms with Gasteiger partial charge in [0.15, 0.2) is 0 Å². The quantitative estimate of drug-likeness (QED) is 0.858. The van der Waals surface area contributed by atoms with E-state index in [4.69, 9.17) is 0 Å². The van der Waals surface area contributed by atoms with Gasteiger partial charge in [0.25, 0.3) is 0 Å². The first-order valence-electron chi connectivity index (χ1n) is 6.68. The number of pyridine rings is 1. The molecule has 0 amide bonds. The first kappa shape index (κ1) is 12.3. The van der Waals surface area contributed by atoms with Crippen molar-refractivity contribution in [1.29, 1.82) is 0 Å². The molecule has 1 saturated heterocycles. The topological polar surface area (TPSA) is 56.8 Å². The van der Waals surface area contributed by atoms with Gasteiger partial charge in [-0.05, 0) is 19.2 Å². The fourth-order valence-corrected chi connectivity index (χ4v) is 2.45. The molecule has 0 spiro atoms. The smallest absolute Gasteiger partial charge is 0.108 e. The zero-order valence-corrected chi connectivity index (χ0v) is 11.1. The maximum atomic E-state index is 4.48. The molecular formula is C14H19N5. The second kappa shape index (κ2) is 5.50. The van der Waals surface area contributed by atoms with E-state index >= 15 is 0 Å². The Kier molecular flexibility index (Phi) is 3.57. The summed E-state index contributed by atoms with van der Waals surface area (Å²) in [5.74, 6) is 1.04. The summed E-state index contributed by atoms with van der Waals surface area (Å²) in [6, 6.07) is 4.49. The van der Waals surface area contributed by atoms with E-state index in [1.165, 1.54) is 0 Å². The third-order valence-electron chi connectivity index (χ3n) is 3.67. The number of nitrogens with one attached hydrogen (secondary N) is 2. The van der Waals surface area contributed by atoms with Crippen LogP contribution in [0.25, 0.3) is 11.3 Å². The van der Waals surface area contributed by atoms with Crippen LogP contribution in [0.2, 0.25) is 0 Å². The number of hydrogen-bond acceptors (Lipinski definition) is 4. The van der Waals surface area contributed by atoms with Crippen molar-refractivity contribution in [3.05, 3.63) is 36.5 Å². The van der Waals surface area contributed by atoms with Crippen LogP contribution in [0.1, 0.15) is 5.82 Å². The largest absolute Gasteiger partial charge is 0.342 e. The highest BCUT2D eigenvalue weighted by molar-refractivity contribution is 5.56. The van der Waals surface area contributed by atoms with Crippen LogP contribution in [0.15, 0.2) is 30.7 Å². The Bertz CT molecular complexity index is 522. The highest BCUT2D eigenvalue weighted by Gasteiger charge is 2.20. The molecule has 1 unspecified atom stereocenters. The zero-order chi connectivity index (χ0) is 13.1. The van der Waals surface area contributed by atoms with Crippen molar-refractivity contribution < 1.29 is 0 Å². The Morgan fingerprint density at radius 2 is 2.37 bits per heavy atom. The summed E-state index contributed by atoms with van der Waals surface area (Å²) < 4.78 is 0. The first-order valence-corrected chi connectivity index (χ1v) is 6.68. The van der Waals surface area contributed by atoms with Crippen molar-refractivity contribution in [2.75, 3.05) is 26.7 Å². The molecule has 3 rings (SSSR count). The fraction of sp³-hybridized carbons (Fsp3) is 0.429. The van der Waals surface area contributed by atoms with Crippen molar-refractivity contribution in [3.63, 3.8) is 0 Å². The minimum atomic E-state index is 0.515. The van der Waals surface area contributed by atoms with E-state index < -0.39 is 0 Å². The number of H-pyrrole nitrogens is 1. The normalized spacial score (nSPS) is 20.6.